The zero-order valence-corrected chi connectivity index (χ0v) is 20.5. The number of para-hydroxylation sites is 2. The summed E-state index contributed by atoms with van der Waals surface area (Å²) in [5.74, 6) is 0.488. The van der Waals surface area contributed by atoms with E-state index in [2.05, 4.69) is 15.2 Å². The number of amides is 1. The van der Waals surface area contributed by atoms with Gasteiger partial charge in [0.1, 0.15) is 0 Å². The minimum atomic E-state index is -4.51. The highest BCUT2D eigenvalue weighted by molar-refractivity contribution is 5.78. The third-order valence-corrected chi connectivity index (χ3v) is 6.61. The molecule has 3 aromatic rings. The number of aromatic nitrogens is 2. The van der Waals surface area contributed by atoms with Crippen molar-refractivity contribution in [2.75, 3.05) is 40.4 Å². The average Bonchev–Trinajstić information content (AvgIpc) is 3.24. The van der Waals surface area contributed by atoms with E-state index in [-0.39, 0.29) is 24.9 Å². The van der Waals surface area contributed by atoms with Crippen LogP contribution in [0.4, 0.5) is 13.2 Å². The van der Waals surface area contributed by atoms with Gasteiger partial charge < -0.3 is 19.4 Å². The van der Waals surface area contributed by atoms with E-state index in [4.69, 9.17) is 9.47 Å². The number of ether oxygens (including phenoxy) is 2. The molecule has 0 saturated carbocycles. The molecule has 0 radical (unpaired) electrons. The number of fused-ring (bicyclic) bond motifs is 1. The summed E-state index contributed by atoms with van der Waals surface area (Å²) in [5.41, 5.74) is 1.88. The van der Waals surface area contributed by atoms with E-state index in [9.17, 15) is 18.0 Å². The Morgan fingerprint density at radius 2 is 1.81 bits per heavy atom. The zero-order chi connectivity index (χ0) is 25.7. The Bertz CT molecular complexity index is 1190. The van der Waals surface area contributed by atoms with Crippen molar-refractivity contribution in [3.8, 4) is 11.5 Å². The standard InChI is InChI=1S/C26H31F3N4O3/c1-35-22-8-7-18(15-23(22)36-2)9-12-30-24(34)17-32-13-10-19(11-14-32)16-33-21-6-4-3-5-20(21)31-25(33)26(27,28)29/h3-8,15,19H,9-14,16-17H2,1-2H3,(H,30,34). The second kappa shape index (κ2) is 11.2. The number of imidazole rings is 1. The van der Waals surface area contributed by atoms with Gasteiger partial charge in [-0.2, -0.15) is 13.2 Å². The van der Waals surface area contributed by atoms with E-state index in [1.54, 1.807) is 38.5 Å². The maximum absolute atomic E-state index is 13.6. The van der Waals surface area contributed by atoms with Crippen molar-refractivity contribution in [1.29, 1.82) is 0 Å². The number of hydrogen-bond donors (Lipinski definition) is 1. The maximum atomic E-state index is 13.6. The molecule has 1 aromatic heterocycles. The Balaban J connectivity index is 1.25. The molecular formula is C26H31F3N4O3. The van der Waals surface area contributed by atoms with Crippen LogP contribution >= 0.6 is 0 Å². The number of hydrogen-bond acceptors (Lipinski definition) is 5. The minimum absolute atomic E-state index is 0.0612. The summed E-state index contributed by atoms with van der Waals surface area (Å²) < 4.78 is 52.6. The highest BCUT2D eigenvalue weighted by atomic mass is 19.4. The summed E-state index contributed by atoms with van der Waals surface area (Å²) >= 11 is 0. The smallest absolute Gasteiger partial charge is 0.449 e. The lowest BCUT2D eigenvalue weighted by Crippen LogP contribution is -2.42. The summed E-state index contributed by atoms with van der Waals surface area (Å²) in [6.45, 7) is 2.38. The normalized spacial score (nSPS) is 15.2. The predicted octanol–water partition coefficient (Wildman–Crippen LogP) is 4.14. The van der Waals surface area contributed by atoms with Crippen LogP contribution in [0.1, 0.15) is 24.2 Å². The van der Waals surface area contributed by atoms with E-state index in [0.717, 1.165) is 18.4 Å². The number of halogens is 3. The molecule has 10 heteroatoms. The van der Waals surface area contributed by atoms with Crippen LogP contribution in [0.25, 0.3) is 11.0 Å². The fourth-order valence-corrected chi connectivity index (χ4v) is 4.70. The quantitative estimate of drug-likeness (QED) is 0.475. The van der Waals surface area contributed by atoms with Crippen LogP contribution in [0, 0.1) is 5.92 Å². The van der Waals surface area contributed by atoms with Gasteiger partial charge in [-0.3, -0.25) is 9.69 Å². The lowest BCUT2D eigenvalue weighted by Gasteiger charge is -2.32. The van der Waals surface area contributed by atoms with Gasteiger partial charge in [-0.1, -0.05) is 18.2 Å². The molecule has 1 N–H and O–H groups in total. The molecule has 1 saturated heterocycles. The van der Waals surface area contributed by atoms with E-state index in [1.165, 1.54) is 4.57 Å². The predicted molar refractivity (Wildman–Crippen MR) is 130 cm³/mol. The van der Waals surface area contributed by atoms with Gasteiger partial charge in [0, 0.05) is 13.1 Å². The molecule has 7 nitrogen and oxygen atoms in total. The molecule has 0 atom stereocenters. The minimum Gasteiger partial charge on any atom is -0.493 e. The van der Waals surface area contributed by atoms with Gasteiger partial charge in [0.25, 0.3) is 0 Å². The highest BCUT2D eigenvalue weighted by Gasteiger charge is 2.38. The van der Waals surface area contributed by atoms with Crippen LogP contribution in [0.2, 0.25) is 0 Å². The molecule has 0 bridgehead atoms. The number of rotatable bonds is 9. The van der Waals surface area contributed by atoms with Gasteiger partial charge in [-0.05, 0) is 68.1 Å². The molecule has 1 fully saturated rings. The summed E-state index contributed by atoms with van der Waals surface area (Å²) in [6.07, 6.45) is -2.39. The molecule has 1 aliphatic rings. The Morgan fingerprint density at radius 3 is 2.50 bits per heavy atom. The van der Waals surface area contributed by atoms with E-state index < -0.39 is 12.0 Å². The van der Waals surface area contributed by atoms with E-state index >= 15 is 0 Å². The number of piperidine rings is 1. The lowest BCUT2D eigenvalue weighted by atomic mass is 9.96. The van der Waals surface area contributed by atoms with Crippen molar-refractivity contribution < 1.29 is 27.4 Å². The Morgan fingerprint density at radius 1 is 1.08 bits per heavy atom. The lowest BCUT2D eigenvalue weighted by molar-refractivity contribution is -0.147. The van der Waals surface area contributed by atoms with Crippen LogP contribution in [0.5, 0.6) is 11.5 Å². The molecular weight excluding hydrogens is 473 g/mol. The Hall–Kier alpha value is -3.27. The van der Waals surface area contributed by atoms with Crippen molar-refractivity contribution in [3.05, 3.63) is 53.9 Å². The largest absolute Gasteiger partial charge is 0.493 e. The number of carbonyl (C=O) groups is 1. The van der Waals surface area contributed by atoms with Crippen molar-refractivity contribution in [2.45, 2.75) is 32.0 Å². The number of likely N-dealkylation sites (tertiary alicyclic amines) is 1. The Labute approximate surface area is 208 Å². The first-order valence-electron chi connectivity index (χ1n) is 12.0. The first kappa shape index (κ1) is 25.8. The van der Waals surface area contributed by atoms with Gasteiger partial charge in [0.15, 0.2) is 11.5 Å². The third-order valence-electron chi connectivity index (χ3n) is 6.61. The summed E-state index contributed by atoms with van der Waals surface area (Å²) in [7, 11) is 3.17. The van der Waals surface area contributed by atoms with Crippen LogP contribution in [0.3, 0.4) is 0 Å². The fourth-order valence-electron chi connectivity index (χ4n) is 4.70. The van der Waals surface area contributed by atoms with Gasteiger partial charge in [0.05, 0.1) is 31.8 Å². The average molecular weight is 505 g/mol. The fraction of sp³-hybridized carbons (Fsp3) is 0.462. The van der Waals surface area contributed by atoms with Gasteiger partial charge in [-0.15, -0.1) is 0 Å². The van der Waals surface area contributed by atoms with Crippen LogP contribution < -0.4 is 14.8 Å². The summed E-state index contributed by atoms with van der Waals surface area (Å²) in [4.78, 5) is 18.3. The molecule has 4 rings (SSSR count). The number of methoxy groups -OCH3 is 2. The van der Waals surface area contributed by atoms with Gasteiger partial charge >= 0.3 is 6.18 Å². The molecule has 0 aliphatic carbocycles. The van der Waals surface area contributed by atoms with Crippen LogP contribution in [-0.2, 0) is 23.9 Å². The van der Waals surface area contributed by atoms with Crippen molar-refractivity contribution in [3.63, 3.8) is 0 Å². The van der Waals surface area contributed by atoms with E-state index in [1.807, 2.05) is 18.2 Å². The number of nitrogens with zero attached hydrogens (tertiary/aromatic N) is 3. The van der Waals surface area contributed by atoms with Gasteiger partial charge in [0.2, 0.25) is 11.7 Å². The van der Waals surface area contributed by atoms with Gasteiger partial charge in [-0.25, -0.2) is 4.98 Å². The molecule has 1 aliphatic heterocycles. The highest BCUT2D eigenvalue weighted by Crippen LogP contribution is 2.33. The number of carbonyl (C=O) groups excluding carboxylic acids is 1. The molecule has 1 amide bonds. The van der Waals surface area contributed by atoms with Crippen LogP contribution in [0.15, 0.2) is 42.5 Å². The second-order valence-electron chi connectivity index (χ2n) is 9.04. The zero-order valence-electron chi connectivity index (χ0n) is 20.5. The number of nitrogens with one attached hydrogen (secondary N) is 1. The third kappa shape index (κ3) is 6.10. The second-order valence-corrected chi connectivity index (χ2v) is 9.04. The monoisotopic (exact) mass is 504 g/mol. The van der Waals surface area contributed by atoms with Crippen LogP contribution in [-0.4, -0.2) is 60.8 Å². The molecule has 0 spiro atoms. The van der Waals surface area contributed by atoms with Crippen molar-refractivity contribution >= 4 is 16.9 Å². The summed E-state index contributed by atoms with van der Waals surface area (Å²) in [6, 6.07) is 12.4. The maximum Gasteiger partial charge on any atom is 0.449 e. The molecule has 36 heavy (non-hydrogen) atoms. The van der Waals surface area contributed by atoms with Crippen molar-refractivity contribution in [2.24, 2.45) is 5.92 Å². The molecule has 194 valence electrons. The van der Waals surface area contributed by atoms with E-state index in [0.29, 0.717) is 48.6 Å². The topological polar surface area (TPSA) is 68.6 Å². The number of alkyl halides is 3. The molecule has 2 heterocycles. The Kier molecular flexibility index (Phi) is 8.03. The SMILES string of the molecule is COc1ccc(CCNC(=O)CN2CCC(Cn3c(C(F)(F)F)nc4ccccc43)CC2)cc1OC. The molecule has 0 unspecified atom stereocenters. The summed E-state index contributed by atoms with van der Waals surface area (Å²) in [5, 5.41) is 2.95. The van der Waals surface area contributed by atoms with Crippen molar-refractivity contribution in [1.82, 2.24) is 19.8 Å². The first-order valence-corrected chi connectivity index (χ1v) is 12.0. The first-order chi connectivity index (χ1) is 17.3. The number of benzene rings is 2. The molecule has 2 aromatic carbocycles.